The fraction of sp³-hybridized carbons (Fsp3) is 0.571. The Kier molecular flexibility index (Phi) is 2.79. The molecule has 1 aromatic carbocycles. The maximum absolute atomic E-state index is 14.3. The molecular formula is C14H18FNO2. The van der Waals surface area contributed by atoms with E-state index in [1.807, 2.05) is 0 Å². The first-order chi connectivity index (χ1) is 8.65. The first-order valence-electron chi connectivity index (χ1n) is 6.43. The summed E-state index contributed by atoms with van der Waals surface area (Å²) < 4.78 is 19.3. The maximum Gasteiger partial charge on any atom is 0.171 e. The Morgan fingerprint density at radius 3 is 3.06 bits per heavy atom. The van der Waals surface area contributed by atoms with Crippen LogP contribution in [0.3, 0.4) is 0 Å². The van der Waals surface area contributed by atoms with Crippen LogP contribution in [-0.2, 0) is 5.60 Å². The van der Waals surface area contributed by atoms with Crippen molar-refractivity contribution in [3.63, 3.8) is 0 Å². The lowest BCUT2D eigenvalue weighted by Gasteiger charge is -2.39. The van der Waals surface area contributed by atoms with Crippen LogP contribution in [0.15, 0.2) is 18.2 Å². The molecule has 18 heavy (non-hydrogen) atoms. The second-order valence-electron chi connectivity index (χ2n) is 5.28. The Morgan fingerprint density at radius 1 is 1.44 bits per heavy atom. The van der Waals surface area contributed by atoms with Crippen molar-refractivity contribution in [2.24, 2.45) is 5.92 Å². The van der Waals surface area contributed by atoms with Crippen LogP contribution in [0, 0.1) is 11.7 Å². The second-order valence-corrected chi connectivity index (χ2v) is 5.28. The topological polar surface area (TPSA) is 32.7 Å². The summed E-state index contributed by atoms with van der Waals surface area (Å²) in [4.78, 5) is 2.33. The number of hydrogen-bond donors (Lipinski definition) is 1. The van der Waals surface area contributed by atoms with Crippen LogP contribution >= 0.6 is 0 Å². The molecule has 1 aromatic rings. The summed E-state index contributed by atoms with van der Waals surface area (Å²) >= 11 is 0. The van der Waals surface area contributed by atoms with Gasteiger partial charge in [-0.3, -0.25) is 0 Å². The van der Waals surface area contributed by atoms with Gasteiger partial charge in [0.15, 0.2) is 11.6 Å². The third-order valence-electron chi connectivity index (χ3n) is 4.41. The van der Waals surface area contributed by atoms with Crippen molar-refractivity contribution in [2.45, 2.75) is 18.4 Å². The molecule has 2 bridgehead atoms. The van der Waals surface area contributed by atoms with E-state index in [-0.39, 0.29) is 11.7 Å². The van der Waals surface area contributed by atoms with E-state index in [1.165, 1.54) is 7.11 Å². The van der Waals surface area contributed by atoms with Crippen molar-refractivity contribution in [2.75, 3.05) is 26.7 Å². The number of halogens is 1. The van der Waals surface area contributed by atoms with Gasteiger partial charge in [0.25, 0.3) is 0 Å². The van der Waals surface area contributed by atoms with Gasteiger partial charge in [0.2, 0.25) is 0 Å². The third kappa shape index (κ3) is 1.63. The second kappa shape index (κ2) is 4.21. The minimum absolute atomic E-state index is 0.132. The van der Waals surface area contributed by atoms with E-state index < -0.39 is 11.4 Å². The zero-order chi connectivity index (χ0) is 12.8. The molecule has 3 atom stereocenters. The zero-order valence-electron chi connectivity index (χ0n) is 10.5. The lowest BCUT2D eigenvalue weighted by molar-refractivity contribution is -0.0530. The molecule has 1 N–H and O–H groups in total. The number of ether oxygens (including phenoxy) is 1. The van der Waals surface area contributed by atoms with Crippen LogP contribution in [-0.4, -0.2) is 36.8 Å². The van der Waals surface area contributed by atoms with Crippen molar-refractivity contribution in [3.8, 4) is 5.75 Å². The van der Waals surface area contributed by atoms with Crippen molar-refractivity contribution in [3.05, 3.63) is 29.6 Å². The van der Waals surface area contributed by atoms with Crippen molar-refractivity contribution in [1.29, 1.82) is 0 Å². The molecular weight excluding hydrogens is 233 g/mol. The van der Waals surface area contributed by atoms with Gasteiger partial charge in [-0.15, -0.1) is 0 Å². The third-order valence-corrected chi connectivity index (χ3v) is 4.41. The van der Waals surface area contributed by atoms with Crippen LogP contribution in [0.5, 0.6) is 5.75 Å². The number of aliphatic hydroxyl groups is 1. The summed E-state index contributed by atoms with van der Waals surface area (Å²) in [5.74, 6) is -0.0722. The molecule has 2 saturated heterocycles. The highest BCUT2D eigenvalue weighted by atomic mass is 19.1. The van der Waals surface area contributed by atoms with E-state index in [1.54, 1.807) is 18.2 Å². The number of piperidine rings is 1. The number of methoxy groups -OCH3 is 1. The Hall–Kier alpha value is -1.13. The first kappa shape index (κ1) is 11.9. The highest BCUT2D eigenvalue weighted by Gasteiger charge is 2.47. The summed E-state index contributed by atoms with van der Waals surface area (Å²) in [5.41, 5.74) is -0.639. The largest absolute Gasteiger partial charge is 0.494 e. The van der Waals surface area contributed by atoms with E-state index in [9.17, 15) is 9.50 Å². The number of benzene rings is 1. The van der Waals surface area contributed by atoms with Gasteiger partial charge in [0.1, 0.15) is 0 Å². The van der Waals surface area contributed by atoms with Gasteiger partial charge in [-0.2, -0.15) is 0 Å². The number of fused-ring (bicyclic) bond motifs is 2. The van der Waals surface area contributed by atoms with Gasteiger partial charge in [0.05, 0.1) is 12.7 Å². The Labute approximate surface area is 106 Å². The minimum atomic E-state index is -1.04. The fourth-order valence-corrected chi connectivity index (χ4v) is 3.32. The van der Waals surface area contributed by atoms with Crippen molar-refractivity contribution in [1.82, 2.24) is 4.90 Å². The number of rotatable bonds is 2. The molecule has 98 valence electrons. The van der Waals surface area contributed by atoms with Crippen LogP contribution < -0.4 is 4.74 Å². The maximum atomic E-state index is 14.3. The molecule has 0 spiro atoms. The fourth-order valence-electron chi connectivity index (χ4n) is 3.32. The normalized spacial score (nSPS) is 34.6. The van der Waals surface area contributed by atoms with Crippen LogP contribution in [0.2, 0.25) is 0 Å². The van der Waals surface area contributed by atoms with Gasteiger partial charge in [-0.05, 0) is 25.5 Å². The lowest BCUT2D eigenvalue weighted by atomic mass is 9.76. The highest BCUT2D eigenvalue weighted by Crippen LogP contribution is 2.44. The molecule has 2 aliphatic heterocycles. The van der Waals surface area contributed by atoms with E-state index >= 15 is 0 Å². The molecule has 0 aliphatic carbocycles. The van der Waals surface area contributed by atoms with E-state index in [4.69, 9.17) is 4.74 Å². The van der Waals surface area contributed by atoms with Gasteiger partial charge in [-0.25, -0.2) is 4.39 Å². The average molecular weight is 251 g/mol. The van der Waals surface area contributed by atoms with E-state index in [2.05, 4.69) is 4.90 Å². The average Bonchev–Trinajstić information content (AvgIpc) is 2.80. The summed E-state index contributed by atoms with van der Waals surface area (Å²) in [5, 5.41) is 10.9. The van der Waals surface area contributed by atoms with Crippen LogP contribution in [0.25, 0.3) is 0 Å². The smallest absolute Gasteiger partial charge is 0.171 e. The standard InChI is InChI=1S/C14H18FNO2/c1-18-12-4-2-3-11(13(12)15)14(17)6-8-16-7-5-10(14)9-16/h2-4,10,17H,5-9H2,1H3. The van der Waals surface area contributed by atoms with Crippen molar-refractivity contribution >= 4 is 0 Å². The Morgan fingerprint density at radius 2 is 2.28 bits per heavy atom. The van der Waals surface area contributed by atoms with Gasteiger partial charge < -0.3 is 14.7 Å². The number of hydrogen-bond acceptors (Lipinski definition) is 3. The molecule has 0 aromatic heterocycles. The summed E-state index contributed by atoms with van der Waals surface area (Å²) in [6.45, 7) is 2.72. The molecule has 0 saturated carbocycles. The molecule has 3 unspecified atom stereocenters. The van der Waals surface area contributed by atoms with Crippen LogP contribution in [0.4, 0.5) is 4.39 Å². The minimum Gasteiger partial charge on any atom is -0.494 e. The highest BCUT2D eigenvalue weighted by molar-refractivity contribution is 5.36. The molecule has 3 rings (SSSR count). The van der Waals surface area contributed by atoms with Crippen molar-refractivity contribution < 1.29 is 14.2 Å². The molecule has 0 amide bonds. The molecule has 3 nitrogen and oxygen atoms in total. The number of nitrogens with zero attached hydrogens (tertiary/aromatic N) is 1. The van der Waals surface area contributed by atoms with E-state index in [0.717, 1.165) is 26.1 Å². The first-order valence-corrected chi connectivity index (χ1v) is 6.43. The predicted molar refractivity (Wildman–Crippen MR) is 66.0 cm³/mol. The monoisotopic (exact) mass is 251 g/mol. The quantitative estimate of drug-likeness (QED) is 0.869. The molecule has 2 aliphatic rings. The predicted octanol–water partition coefficient (Wildman–Crippen LogP) is 1.75. The van der Waals surface area contributed by atoms with E-state index in [0.29, 0.717) is 12.0 Å². The van der Waals surface area contributed by atoms with Gasteiger partial charge >= 0.3 is 0 Å². The Balaban J connectivity index is 2.03. The molecule has 2 fully saturated rings. The SMILES string of the molecule is COc1cccc(C2(O)CCN3CCC2C3)c1F. The molecule has 0 radical (unpaired) electrons. The Bertz CT molecular complexity index is 465. The summed E-state index contributed by atoms with van der Waals surface area (Å²) in [6.07, 6.45) is 1.54. The van der Waals surface area contributed by atoms with Crippen LogP contribution in [0.1, 0.15) is 18.4 Å². The van der Waals surface area contributed by atoms with Gasteiger partial charge in [0, 0.05) is 24.6 Å². The van der Waals surface area contributed by atoms with Gasteiger partial charge in [-0.1, -0.05) is 12.1 Å². The molecule has 2 heterocycles. The summed E-state index contributed by atoms with van der Waals surface area (Å²) in [7, 11) is 1.45. The summed E-state index contributed by atoms with van der Waals surface area (Å²) in [6, 6.07) is 5.02. The lowest BCUT2D eigenvalue weighted by Crippen LogP contribution is -2.44. The zero-order valence-corrected chi connectivity index (χ0v) is 10.5. The molecule has 4 heteroatoms.